The highest BCUT2D eigenvalue weighted by atomic mass is 32.2. The molecule has 0 saturated carbocycles. The molecular weight excluding hydrogens is 402 g/mol. The van der Waals surface area contributed by atoms with Crippen LogP contribution in [0, 0.1) is 0 Å². The molecule has 7 nitrogen and oxygen atoms in total. The summed E-state index contributed by atoms with van der Waals surface area (Å²) < 4.78 is 27.9. The van der Waals surface area contributed by atoms with E-state index in [1.807, 2.05) is 36.4 Å². The number of piperazine rings is 1. The highest BCUT2D eigenvalue weighted by Gasteiger charge is 2.30. The van der Waals surface area contributed by atoms with E-state index in [0.717, 1.165) is 0 Å². The van der Waals surface area contributed by atoms with Gasteiger partial charge in [0.15, 0.2) is 5.76 Å². The van der Waals surface area contributed by atoms with Crippen LogP contribution >= 0.6 is 0 Å². The Hall–Kier alpha value is -2.94. The van der Waals surface area contributed by atoms with E-state index >= 15 is 0 Å². The molecule has 1 aliphatic heterocycles. The molecule has 156 valence electrons. The first-order chi connectivity index (χ1) is 14.4. The largest absolute Gasteiger partial charge is 0.438 e. The van der Waals surface area contributed by atoms with Gasteiger partial charge in [0, 0.05) is 26.2 Å². The van der Waals surface area contributed by atoms with Crippen molar-refractivity contribution in [3.05, 3.63) is 89.7 Å². The number of nitrogens with two attached hydrogens (primary N) is 1. The van der Waals surface area contributed by atoms with Gasteiger partial charge in [0.25, 0.3) is 15.9 Å². The number of carbonyl (C=O) groups is 1. The molecule has 8 heteroatoms. The average molecular weight is 426 g/mol. The van der Waals surface area contributed by atoms with E-state index in [4.69, 9.17) is 9.56 Å². The number of hydrogen-bond donors (Lipinski definition) is 1. The third-order valence-corrected chi connectivity index (χ3v) is 6.05. The fourth-order valence-electron chi connectivity index (χ4n) is 3.81. The Balaban J connectivity index is 1.50. The van der Waals surface area contributed by atoms with Gasteiger partial charge in [-0.05, 0) is 23.3 Å². The highest BCUT2D eigenvalue weighted by molar-refractivity contribution is 7.89. The van der Waals surface area contributed by atoms with Crippen LogP contribution in [0.25, 0.3) is 0 Å². The number of hydrogen-bond acceptors (Lipinski definition) is 5. The van der Waals surface area contributed by atoms with Gasteiger partial charge >= 0.3 is 0 Å². The van der Waals surface area contributed by atoms with E-state index in [1.165, 1.54) is 23.3 Å². The van der Waals surface area contributed by atoms with Gasteiger partial charge in [-0.3, -0.25) is 9.69 Å². The van der Waals surface area contributed by atoms with Crippen molar-refractivity contribution in [2.24, 2.45) is 5.14 Å². The smallest absolute Gasteiger partial charge is 0.289 e. The van der Waals surface area contributed by atoms with Gasteiger partial charge in [-0.2, -0.15) is 0 Å². The lowest BCUT2D eigenvalue weighted by Gasteiger charge is -2.39. The van der Waals surface area contributed by atoms with Crippen LogP contribution in [-0.2, 0) is 10.0 Å². The van der Waals surface area contributed by atoms with Crippen molar-refractivity contribution >= 4 is 15.9 Å². The van der Waals surface area contributed by atoms with Gasteiger partial charge in [0.2, 0.25) is 5.09 Å². The maximum Gasteiger partial charge on any atom is 0.289 e. The van der Waals surface area contributed by atoms with E-state index in [2.05, 4.69) is 29.2 Å². The second kappa shape index (κ2) is 8.43. The number of sulfonamides is 1. The minimum atomic E-state index is -3.97. The van der Waals surface area contributed by atoms with Crippen LogP contribution in [0.4, 0.5) is 0 Å². The van der Waals surface area contributed by atoms with E-state index in [0.29, 0.717) is 26.2 Å². The van der Waals surface area contributed by atoms with Gasteiger partial charge in [0.1, 0.15) is 0 Å². The minimum Gasteiger partial charge on any atom is -0.438 e. The number of carbonyl (C=O) groups excluding carboxylic acids is 1. The summed E-state index contributed by atoms with van der Waals surface area (Å²) in [5, 5.41) is 4.65. The molecule has 1 aromatic heterocycles. The molecule has 0 unspecified atom stereocenters. The van der Waals surface area contributed by atoms with E-state index in [9.17, 15) is 13.2 Å². The Labute approximate surface area is 175 Å². The third kappa shape index (κ3) is 4.30. The number of primary sulfonamides is 1. The minimum absolute atomic E-state index is 0.0184. The second-order valence-corrected chi connectivity index (χ2v) is 8.71. The first-order valence-electron chi connectivity index (χ1n) is 9.69. The van der Waals surface area contributed by atoms with Crippen LogP contribution < -0.4 is 5.14 Å². The topological polar surface area (TPSA) is 96.8 Å². The lowest BCUT2D eigenvalue weighted by Crippen LogP contribution is -2.49. The Kier molecular flexibility index (Phi) is 5.72. The van der Waals surface area contributed by atoms with Crippen molar-refractivity contribution in [3.8, 4) is 0 Å². The lowest BCUT2D eigenvalue weighted by atomic mass is 9.96. The first kappa shape index (κ1) is 20.3. The Morgan fingerprint density at radius 1 is 0.833 bits per heavy atom. The summed E-state index contributed by atoms with van der Waals surface area (Å²) in [4.78, 5) is 16.8. The van der Waals surface area contributed by atoms with E-state index < -0.39 is 15.1 Å². The van der Waals surface area contributed by atoms with Crippen molar-refractivity contribution in [1.29, 1.82) is 0 Å². The summed E-state index contributed by atoms with van der Waals surface area (Å²) in [6.45, 7) is 2.40. The monoisotopic (exact) mass is 425 g/mol. The summed E-state index contributed by atoms with van der Waals surface area (Å²) in [5.41, 5.74) is 2.40. The van der Waals surface area contributed by atoms with Crippen LogP contribution in [0.5, 0.6) is 0 Å². The van der Waals surface area contributed by atoms with Crippen molar-refractivity contribution in [3.63, 3.8) is 0 Å². The fourth-order valence-corrected chi connectivity index (χ4v) is 4.28. The maximum atomic E-state index is 12.7. The van der Waals surface area contributed by atoms with Crippen molar-refractivity contribution in [2.45, 2.75) is 11.1 Å². The number of rotatable bonds is 5. The van der Waals surface area contributed by atoms with E-state index in [1.54, 1.807) is 4.90 Å². The molecule has 0 aliphatic carbocycles. The van der Waals surface area contributed by atoms with Crippen molar-refractivity contribution in [2.75, 3.05) is 26.2 Å². The summed E-state index contributed by atoms with van der Waals surface area (Å²) >= 11 is 0. The van der Waals surface area contributed by atoms with Crippen LogP contribution in [0.2, 0.25) is 0 Å². The number of nitrogens with zero attached hydrogens (tertiary/aromatic N) is 2. The summed E-state index contributed by atoms with van der Waals surface area (Å²) in [5.74, 6) is -0.351. The summed E-state index contributed by atoms with van der Waals surface area (Å²) in [6.07, 6.45) is 0. The zero-order valence-corrected chi connectivity index (χ0v) is 17.2. The summed E-state index contributed by atoms with van der Waals surface area (Å²) in [7, 11) is -3.97. The van der Waals surface area contributed by atoms with Crippen LogP contribution in [0.3, 0.4) is 0 Å². The number of benzene rings is 2. The Morgan fingerprint density at radius 2 is 1.37 bits per heavy atom. The molecule has 3 aromatic rings. The molecule has 1 aliphatic rings. The van der Waals surface area contributed by atoms with Crippen LogP contribution in [0.1, 0.15) is 27.7 Å². The van der Waals surface area contributed by atoms with Gasteiger partial charge in [-0.25, -0.2) is 13.6 Å². The molecule has 30 heavy (non-hydrogen) atoms. The van der Waals surface area contributed by atoms with E-state index in [-0.39, 0.29) is 17.7 Å². The van der Waals surface area contributed by atoms with Crippen molar-refractivity contribution in [1.82, 2.24) is 9.80 Å². The lowest BCUT2D eigenvalue weighted by molar-refractivity contribution is 0.0562. The highest BCUT2D eigenvalue weighted by Crippen LogP contribution is 2.29. The molecule has 1 amide bonds. The predicted octanol–water partition coefficient (Wildman–Crippen LogP) is 2.47. The van der Waals surface area contributed by atoms with Crippen molar-refractivity contribution < 1.29 is 17.6 Å². The first-order valence-corrected chi connectivity index (χ1v) is 11.2. The molecule has 0 spiro atoms. The average Bonchev–Trinajstić information content (AvgIpc) is 3.27. The molecule has 4 rings (SSSR count). The molecular formula is C22H23N3O4S. The number of furan rings is 1. The molecule has 1 fully saturated rings. The molecule has 2 heterocycles. The quantitative estimate of drug-likeness (QED) is 0.677. The predicted molar refractivity (Wildman–Crippen MR) is 112 cm³/mol. The second-order valence-electron chi connectivity index (χ2n) is 7.22. The number of amides is 1. The molecule has 2 aromatic carbocycles. The molecule has 1 saturated heterocycles. The molecule has 0 bridgehead atoms. The Bertz CT molecular complexity index is 1070. The SMILES string of the molecule is NS(=O)(=O)c1ccc(C(=O)N2CCN(C(c3ccccc3)c3ccccc3)CC2)o1. The fraction of sp³-hybridized carbons (Fsp3) is 0.227. The molecule has 2 N–H and O–H groups in total. The van der Waals surface area contributed by atoms with Gasteiger partial charge in [-0.15, -0.1) is 0 Å². The zero-order chi connectivity index (χ0) is 21.1. The maximum absolute atomic E-state index is 12.7. The Morgan fingerprint density at radius 3 is 1.83 bits per heavy atom. The molecule has 0 atom stereocenters. The van der Waals surface area contributed by atoms with Crippen LogP contribution in [-0.4, -0.2) is 50.3 Å². The third-order valence-electron chi connectivity index (χ3n) is 5.27. The standard InChI is InChI=1S/C22H23N3O4S/c23-30(27,28)20-12-11-19(29-20)22(26)25-15-13-24(14-16-25)21(17-7-3-1-4-8-17)18-9-5-2-6-10-18/h1-12,21H,13-16H2,(H2,23,27,28). The zero-order valence-electron chi connectivity index (χ0n) is 16.3. The normalized spacial score (nSPS) is 15.5. The van der Waals surface area contributed by atoms with Gasteiger partial charge in [0.05, 0.1) is 6.04 Å². The van der Waals surface area contributed by atoms with Gasteiger partial charge < -0.3 is 9.32 Å². The summed E-state index contributed by atoms with van der Waals surface area (Å²) in [6, 6.07) is 23.3. The van der Waals surface area contributed by atoms with Crippen LogP contribution in [0.15, 0.2) is 82.3 Å². The van der Waals surface area contributed by atoms with Gasteiger partial charge in [-0.1, -0.05) is 60.7 Å². The molecule has 0 radical (unpaired) electrons.